The molecule has 0 radical (unpaired) electrons. The van der Waals surface area contributed by atoms with E-state index in [-0.39, 0.29) is 0 Å². The molecule has 1 N–H and O–H groups in total. The van der Waals surface area contributed by atoms with Crippen LogP contribution in [0.2, 0.25) is 0 Å². The molecule has 0 saturated heterocycles. The SMILES string of the molecule is Cc1nonc1CNCc1ccc(C(F)(F)F)cc1. The molecular weight excluding hydrogens is 259 g/mol. The van der Waals surface area contributed by atoms with Crippen LogP contribution in [0.1, 0.15) is 22.5 Å². The first-order valence-corrected chi connectivity index (χ1v) is 5.61. The third-order valence-corrected chi connectivity index (χ3v) is 2.65. The van der Waals surface area contributed by atoms with Crippen molar-refractivity contribution in [3.8, 4) is 0 Å². The number of nitrogens with one attached hydrogen (secondary N) is 1. The number of benzene rings is 1. The van der Waals surface area contributed by atoms with Crippen LogP contribution in [-0.4, -0.2) is 10.3 Å². The van der Waals surface area contributed by atoms with E-state index in [2.05, 4.69) is 20.3 Å². The molecule has 0 atom stereocenters. The zero-order valence-corrected chi connectivity index (χ0v) is 10.2. The first-order valence-electron chi connectivity index (χ1n) is 5.61. The summed E-state index contributed by atoms with van der Waals surface area (Å²) < 4.78 is 41.6. The van der Waals surface area contributed by atoms with E-state index >= 15 is 0 Å². The minimum Gasteiger partial charge on any atom is -0.307 e. The van der Waals surface area contributed by atoms with Gasteiger partial charge in [0.05, 0.1) is 5.56 Å². The maximum atomic E-state index is 12.4. The van der Waals surface area contributed by atoms with Crippen LogP contribution in [0.5, 0.6) is 0 Å². The third-order valence-electron chi connectivity index (χ3n) is 2.65. The van der Waals surface area contributed by atoms with Gasteiger partial charge in [0.1, 0.15) is 11.4 Å². The highest BCUT2D eigenvalue weighted by atomic mass is 19.4. The summed E-state index contributed by atoms with van der Waals surface area (Å²) in [5.74, 6) is 0. The fraction of sp³-hybridized carbons (Fsp3) is 0.333. The Morgan fingerprint density at radius 3 is 2.32 bits per heavy atom. The minimum atomic E-state index is -4.30. The molecule has 1 aromatic heterocycles. The van der Waals surface area contributed by atoms with E-state index in [0.29, 0.717) is 24.5 Å². The Kier molecular flexibility index (Phi) is 3.84. The molecule has 2 aromatic rings. The maximum Gasteiger partial charge on any atom is 0.416 e. The smallest absolute Gasteiger partial charge is 0.307 e. The fourth-order valence-corrected chi connectivity index (χ4v) is 1.55. The van der Waals surface area contributed by atoms with Crippen molar-refractivity contribution in [2.24, 2.45) is 0 Å². The van der Waals surface area contributed by atoms with Gasteiger partial charge >= 0.3 is 6.18 Å². The van der Waals surface area contributed by atoms with Crippen LogP contribution in [0.4, 0.5) is 13.2 Å². The quantitative estimate of drug-likeness (QED) is 0.928. The van der Waals surface area contributed by atoms with Gasteiger partial charge in [0.15, 0.2) is 0 Å². The molecule has 4 nitrogen and oxygen atoms in total. The predicted octanol–water partition coefficient (Wildman–Crippen LogP) is 2.69. The molecule has 0 aliphatic rings. The molecule has 0 unspecified atom stereocenters. The average Bonchev–Trinajstić information content (AvgIpc) is 2.75. The highest BCUT2D eigenvalue weighted by Gasteiger charge is 2.29. The second-order valence-corrected chi connectivity index (χ2v) is 4.09. The summed E-state index contributed by atoms with van der Waals surface area (Å²) >= 11 is 0. The summed E-state index contributed by atoms with van der Waals surface area (Å²) in [5.41, 5.74) is 1.50. The number of hydrogen-bond acceptors (Lipinski definition) is 4. The van der Waals surface area contributed by atoms with Crippen LogP contribution >= 0.6 is 0 Å². The number of halogens is 3. The van der Waals surface area contributed by atoms with Gasteiger partial charge in [-0.05, 0) is 24.6 Å². The lowest BCUT2D eigenvalue weighted by atomic mass is 10.1. The summed E-state index contributed by atoms with van der Waals surface area (Å²) in [5, 5.41) is 10.4. The van der Waals surface area contributed by atoms with Gasteiger partial charge < -0.3 is 5.32 Å². The summed E-state index contributed by atoms with van der Waals surface area (Å²) in [6.45, 7) is 2.67. The molecule has 0 bridgehead atoms. The summed E-state index contributed by atoms with van der Waals surface area (Å²) in [6, 6.07) is 5.04. The van der Waals surface area contributed by atoms with Crippen LogP contribution in [0.25, 0.3) is 0 Å². The Bertz CT molecular complexity index is 534. The van der Waals surface area contributed by atoms with Gasteiger partial charge in [0.25, 0.3) is 0 Å². The van der Waals surface area contributed by atoms with E-state index in [0.717, 1.165) is 17.7 Å². The average molecular weight is 271 g/mol. The molecule has 0 fully saturated rings. The number of rotatable bonds is 4. The van der Waals surface area contributed by atoms with Crippen LogP contribution in [0, 0.1) is 6.92 Å². The van der Waals surface area contributed by atoms with Gasteiger partial charge in [0, 0.05) is 13.1 Å². The normalized spacial score (nSPS) is 11.8. The van der Waals surface area contributed by atoms with E-state index in [9.17, 15) is 13.2 Å². The molecule has 0 spiro atoms. The van der Waals surface area contributed by atoms with Crippen molar-refractivity contribution < 1.29 is 17.8 Å². The van der Waals surface area contributed by atoms with Crippen LogP contribution in [0.15, 0.2) is 28.9 Å². The molecule has 2 rings (SSSR count). The van der Waals surface area contributed by atoms with Crippen molar-refractivity contribution in [1.29, 1.82) is 0 Å². The van der Waals surface area contributed by atoms with Crippen molar-refractivity contribution in [2.45, 2.75) is 26.2 Å². The topological polar surface area (TPSA) is 51.0 Å². The highest BCUT2D eigenvalue weighted by molar-refractivity contribution is 5.24. The van der Waals surface area contributed by atoms with Crippen molar-refractivity contribution in [3.05, 3.63) is 46.8 Å². The fourth-order valence-electron chi connectivity index (χ4n) is 1.55. The predicted molar refractivity (Wildman–Crippen MR) is 61.0 cm³/mol. The van der Waals surface area contributed by atoms with Crippen molar-refractivity contribution in [3.63, 3.8) is 0 Å². The molecule has 0 aliphatic heterocycles. The first kappa shape index (κ1) is 13.5. The number of aryl methyl sites for hydroxylation is 1. The van der Waals surface area contributed by atoms with Gasteiger partial charge in [-0.25, -0.2) is 4.63 Å². The Labute approximate surface area is 107 Å². The number of alkyl halides is 3. The molecule has 7 heteroatoms. The van der Waals surface area contributed by atoms with Gasteiger partial charge in [0.2, 0.25) is 0 Å². The van der Waals surface area contributed by atoms with Crippen molar-refractivity contribution in [2.75, 3.05) is 0 Å². The lowest BCUT2D eigenvalue weighted by molar-refractivity contribution is -0.137. The van der Waals surface area contributed by atoms with Gasteiger partial charge in [-0.3, -0.25) is 0 Å². The first-order chi connectivity index (χ1) is 8.97. The van der Waals surface area contributed by atoms with Crippen LogP contribution < -0.4 is 5.32 Å². The molecule has 102 valence electrons. The van der Waals surface area contributed by atoms with Crippen molar-refractivity contribution >= 4 is 0 Å². The molecule has 1 aromatic carbocycles. The van der Waals surface area contributed by atoms with Crippen LogP contribution in [0.3, 0.4) is 0 Å². The Balaban J connectivity index is 1.89. The van der Waals surface area contributed by atoms with Crippen LogP contribution in [-0.2, 0) is 19.3 Å². The van der Waals surface area contributed by atoms with Gasteiger partial charge in [-0.1, -0.05) is 22.4 Å². The zero-order chi connectivity index (χ0) is 13.9. The molecule has 0 amide bonds. The molecular formula is C12H12F3N3O. The molecule has 0 aliphatic carbocycles. The van der Waals surface area contributed by atoms with E-state index in [1.807, 2.05) is 0 Å². The third kappa shape index (κ3) is 3.54. The molecule has 1 heterocycles. The van der Waals surface area contributed by atoms with Gasteiger partial charge in [-0.2, -0.15) is 13.2 Å². The van der Waals surface area contributed by atoms with E-state index in [4.69, 9.17) is 0 Å². The van der Waals surface area contributed by atoms with E-state index < -0.39 is 11.7 Å². The summed E-state index contributed by atoms with van der Waals surface area (Å²) in [7, 11) is 0. The second kappa shape index (κ2) is 5.40. The Morgan fingerprint density at radius 1 is 1.11 bits per heavy atom. The Hall–Kier alpha value is -1.89. The molecule has 0 saturated carbocycles. The number of aromatic nitrogens is 2. The lowest BCUT2D eigenvalue weighted by Crippen LogP contribution is -2.14. The monoisotopic (exact) mass is 271 g/mol. The summed E-state index contributed by atoms with van der Waals surface area (Å²) in [6.07, 6.45) is -4.30. The maximum absolute atomic E-state index is 12.4. The highest BCUT2D eigenvalue weighted by Crippen LogP contribution is 2.29. The van der Waals surface area contributed by atoms with Crippen molar-refractivity contribution in [1.82, 2.24) is 15.6 Å². The second-order valence-electron chi connectivity index (χ2n) is 4.09. The van der Waals surface area contributed by atoms with E-state index in [1.165, 1.54) is 12.1 Å². The minimum absolute atomic E-state index is 0.449. The lowest BCUT2D eigenvalue weighted by Gasteiger charge is -2.08. The zero-order valence-electron chi connectivity index (χ0n) is 10.2. The molecule has 19 heavy (non-hydrogen) atoms. The number of hydrogen-bond donors (Lipinski definition) is 1. The van der Waals surface area contributed by atoms with Gasteiger partial charge in [-0.15, -0.1) is 0 Å². The Morgan fingerprint density at radius 2 is 1.79 bits per heavy atom. The number of nitrogens with zero attached hydrogens (tertiary/aromatic N) is 2. The van der Waals surface area contributed by atoms with E-state index in [1.54, 1.807) is 6.92 Å². The summed E-state index contributed by atoms with van der Waals surface area (Å²) in [4.78, 5) is 0. The standard InChI is InChI=1S/C12H12F3N3O/c1-8-11(18-19-17-8)7-16-6-9-2-4-10(5-3-9)12(13,14)15/h2-5,16H,6-7H2,1H3. The largest absolute Gasteiger partial charge is 0.416 e.